The van der Waals surface area contributed by atoms with Crippen molar-refractivity contribution < 1.29 is 17.9 Å². The van der Waals surface area contributed by atoms with Crippen LogP contribution in [-0.2, 0) is 12.7 Å². The summed E-state index contributed by atoms with van der Waals surface area (Å²) in [4.78, 5) is 2.68. The van der Waals surface area contributed by atoms with E-state index in [1.54, 1.807) is 6.07 Å². The molecule has 0 unspecified atom stereocenters. The number of alkyl halides is 4. The Bertz CT molecular complexity index is 767. The van der Waals surface area contributed by atoms with Gasteiger partial charge in [0.05, 0.1) is 11.6 Å². The molecule has 4 rings (SSSR count). The van der Waals surface area contributed by atoms with Crippen molar-refractivity contribution in [1.82, 2.24) is 4.90 Å². The molecule has 2 bridgehead atoms. The molecule has 0 N–H and O–H groups in total. The maximum Gasteiger partial charge on any atom is 0.416 e. The zero-order chi connectivity index (χ0) is 18.3. The standard InChI is InChI=1S/C20H19BrF3NO/c21-18-14-9-17(26-16-8-4-7-15(10-16)20(22,23)24)19(18)25(12-14)11-13-5-2-1-3-6-13/h1-8,10,14,17-19H,9,11-12H2/t14-,17-,18+,19+/m0/s1. The van der Waals surface area contributed by atoms with Gasteiger partial charge in [-0.3, -0.25) is 4.90 Å². The van der Waals surface area contributed by atoms with E-state index >= 15 is 0 Å². The molecule has 2 fully saturated rings. The molecule has 1 aliphatic carbocycles. The van der Waals surface area contributed by atoms with E-state index in [1.165, 1.54) is 11.6 Å². The molecule has 1 saturated heterocycles. The molecule has 1 heterocycles. The van der Waals surface area contributed by atoms with Crippen molar-refractivity contribution in [3.05, 3.63) is 65.7 Å². The Labute approximate surface area is 159 Å². The van der Waals surface area contributed by atoms with Crippen LogP contribution in [0.3, 0.4) is 0 Å². The van der Waals surface area contributed by atoms with E-state index in [2.05, 4.69) is 33.0 Å². The monoisotopic (exact) mass is 425 g/mol. The van der Waals surface area contributed by atoms with E-state index in [9.17, 15) is 13.2 Å². The van der Waals surface area contributed by atoms with E-state index in [0.717, 1.165) is 31.6 Å². The number of piperidine rings is 1. The van der Waals surface area contributed by atoms with Gasteiger partial charge in [-0.05, 0) is 36.1 Å². The van der Waals surface area contributed by atoms with Crippen LogP contribution in [0.15, 0.2) is 54.6 Å². The van der Waals surface area contributed by atoms with Crippen LogP contribution in [0, 0.1) is 5.92 Å². The fourth-order valence-electron chi connectivity index (χ4n) is 4.11. The zero-order valence-corrected chi connectivity index (χ0v) is 15.6. The maximum atomic E-state index is 12.9. The molecule has 1 aliphatic heterocycles. The van der Waals surface area contributed by atoms with Gasteiger partial charge in [0.1, 0.15) is 11.9 Å². The summed E-state index contributed by atoms with van der Waals surface area (Å²) in [5, 5.41) is 0. The van der Waals surface area contributed by atoms with Crippen LogP contribution in [-0.4, -0.2) is 28.4 Å². The van der Waals surface area contributed by atoms with Gasteiger partial charge in [0.25, 0.3) is 0 Å². The molecule has 2 aromatic rings. The van der Waals surface area contributed by atoms with Crippen LogP contribution in [0.25, 0.3) is 0 Å². The Balaban J connectivity index is 1.49. The third-order valence-corrected chi connectivity index (χ3v) is 6.55. The topological polar surface area (TPSA) is 12.5 Å². The van der Waals surface area contributed by atoms with Crippen LogP contribution < -0.4 is 4.74 Å². The summed E-state index contributed by atoms with van der Waals surface area (Å²) in [6.07, 6.45) is -3.60. The van der Waals surface area contributed by atoms with Crippen molar-refractivity contribution >= 4 is 15.9 Å². The second-order valence-electron chi connectivity index (χ2n) is 7.03. The van der Waals surface area contributed by atoms with Crippen molar-refractivity contribution in [3.8, 4) is 5.75 Å². The minimum Gasteiger partial charge on any atom is -0.489 e. The van der Waals surface area contributed by atoms with E-state index in [4.69, 9.17) is 4.74 Å². The SMILES string of the molecule is FC(F)(F)c1cccc(O[C@H]2C[C@H]3CN(Cc4ccccc4)[C@H]2[C@@H]3Br)c1. The van der Waals surface area contributed by atoms with Gasteiger partial charge in [0.2, 0.25) is 0 Å². The molecular weight excluding hydrogens is 407 g/mol. The summed E-state index contributed by atoms with van der Waals surface area (Å²) in [5.74, 6) is 0.747. The molecule has 2 aromatic carbocycles. The average Bonchev–Trinajstić information content (AvgIpc) is 3.06. The van der Waals surface area contributed by atoms with Crippen molar-refractivity contribution in [2.24, 2.45) is 5.92 Å². The third-order valence-electron chi connectivity index (χ3n) is 5.26. The van der Waals surface area contributed by atoms with Gasteiger partial charge in [0.15, 0.2) is 0 Å². The van der Waals surface area contributed by atoms with E-state index in [-0.39, 0.29) is 17.9 Å². The molecule has 1 saturated carbocycles. The van der Waals surface area contributed by atoms with Gasteiger partial charge in [-0.2, -0.15) is 13.2 Å². The van der Waals surface area contributed by atoms with Gasteiger partial charge in [0, 0.05) is 17.9 Å². The predicted octanol–water partition coefficient (Wildman–Crippen LogP) is 5.12. The lowest BCUT2D eigenvalue weighted by molar-refractivity contribution is -0.137. The van der Waals surface area contributed by atoms with Gasteiger partial charge in [-0.15, -0.1) is 0 Å². The number of halogens is 4. The number of fused-ring (bicyclic) bond motifs is 2. The lowest BCUT2D eigenvalue weighted by Gasteiger charge is -2.33. The number of benzene rings is 2. The van der Waals surface area contributed by atoms with Crippen LogP contribution in [0.1, 0.15) is 17.5 Å². The first-order chi connectivity index (χ1) is 12.4. The summed E-state index contributed by atoms with van der Waals surface area (Å²) in [7, 11) is 0. The molecular formula is C20H19BrF3NO. The predicted molar refractivity (Wildman–Crippen MR) is 97.3 cm³/mol. The first-order valence-electron chi connectivity index (χ1n) is 8.68. The smallest absolute Gasteiger partial charge is 0.416 e. The number of rotatable bonds is 4. The Morgan fingerprint density at radius 2 is 1.85 bits per heavy atom. The van der Waals surface area contributed by atoms with Crippen LogP contribution in [0.4, 0.5) is 13.2 Å². The van der Waals surface area contributed by atoms with Gasteiger partial charge >= 0.3 is 6.18 Å². The van der Waals surface area contributed by atoms with Crippen molar-refractivity contribution in [1.29, 1.82) is 0 Å². The van der Waals surface area contributed by atoms with Gasteiger partial charge in [-0.25, -0.2) is 0 Å². The second-order valence-corrected chi connectivity index (χ2v) is 8.09. The fourth-order valence-corrected chi connectivity index (χ4v) is 5.17. The maximum absolute atomic E-state index is 12.9. The largest absolute Gasteiger partial charge is 0.489 e. The Hall–Kier alpha value is -1.53. The highest BCUT2D eigenvalue weighted by atomic mass is 79.9. The van der Waals surface area contributed by atoms with Crippen molar-refractivity contribution in [3.63, 3.8) is 0 Å². The second kappa shape index (κ2) is 6.89. The van der Waals surface area contributed by atoms with Gasteiger partial charge in [-0.1, -0.05) is 52.3 Å². The summed E-state index contributed by atoms with van der Waals surface area (Å²) in [6, 6.07) is 15.6. The highest BCUT2D eigenvalue weighted by Gasteiger charge is 2.52. The molecule has 0 amide bonds. The first kappa shape index (κ1) is 17.9. The van der Waals surface area contributed by atoms with E-state index in [0.29, 0.717) is 10.7 Å². The molecule has 4 atom stereocenters. The Morgan fingerprint density at radius 3 is 2.54 bits per heavy atom. The normalized spacial score (nSPS) is 28.5. The first-order valence-corrected chi connectivity index (χ1v) is 9.59. The number of nitrogens with zero attached hydrogens (tertiary/aromatic N) is 1. The molecule has 138 valence electrons. The summed E-state index contributed by atoms with van der Waals surface area (Å²) in [5.41, 5.74) is 0.562. The lowest BCUT2D eigenvalue weighted by Crippen LogP contribution is -2.44. The molecule has 2 nitrogen and oxygen atoms in total. The van der Waals surface area contributed by atoms with Crippen molar-refractivity contribution in [2.45, 2.75) is 36.1 Å². The summed E-state index contributed by atoms with van der Waals surface area (Å²) < 4.78 is 44.8. The highest BCUT2D eigenvalue weighted by molar-refractivity contribution is 9.09. The quantitative estimate of drug-likeness (QED) is 0.630. The highest BCUT2D eigenvalue weighted by Crippen LogP contribution is 2.45. The summed E-state index contributed by atoms with van der Waals surface area (Å²) >= 11 is 3.78. The molecule has 26 heavy (non-hydrogen) atoms. The molecule has 6 heteroatoms. The molecule has 0 spiro atoms. The molecule has 0 aromatic heterocycles. The number of ether oxygens (including phenoxy) is 1. The fraction of sp³-hybridized carbons (Fsp3) is 0.400. The number of hydrogen-bond donors (Lipinski definition) is 0. The minimum absolute atomic E-state index is 0.106. The average molecular weight is 426 g/mol. The minimum atomic E-state index is -4.36. The number of hydrogen-bond acceptors (Lipinski definition) is 2. The lowest BCUT2D eigenvalue weighted by atomic mass is 10.1. The zero-order valence-electron chi connectivity index (χ0n) is 14.0. The summed E-state index contributed by atoms with van der Waals surface area (Å²) in [6.45, 7) is 1.81. The molecule has 0 radical (unpaired) electrons. The van der Waals surface area contributed by atoms with Crippen LogP contribution in [0.2, 0.25) is 0 Å². The van der Waals surface area contributed by atoms with E-state index < -0.39 is 11.7 Å². The van der Waals surface area contributed by atoms with Gasteiger partial charge < -0.3 is 4.74 Å². The van der Waals surface area contributed by atoms with Crippen LogP contribution >= 0.6 is 15.9 Å². The Morgan fingerprint density at radius 1 is 1.08 bits per heavy atom. The van der Waals surface area contributed by atoms with E-state index in [1.807, 2.05) is 18.2 Å². The molecule has 2 aliphatic rings. The Kier molecular flexibility index (Phi) is 4.73. The third kappa shape index (κ3) is 3.49. The van der Waals surface area contributed by atoms with Crippen LogP contribution in [0.5, 0.6) is 5.75 Å². The number of likely N-dealkylation sites (tertiary alicyclic amines) is 1. The van der Waals surface area contributed by atoms with Crippen molar-refractivity contribution in [2.75, 3.05) is 6.54 Å².